The molecule has 5 nitrogen and oxygen atoms in total. The Kier molecular flexibility index (Phi) is 6.45. The Labute approximate surface area is 195 Å². The summed E-state index contributed by atoms with van der Waals surface area (Å²) in [6.07, 6.45) is 5.35. The highest BCUT2D eigenvalue weighted by molar-refractivity contribution is 5.90. The average Bonchev–Trinajstić information content (AvgIpc) is 3.70. The number of nitrogens with zero attached hydrogens (tertiary/aromatic N) is 3. The van der Waals surface area contributed by atoms with Gasteiger partial charge in [-0.3, -0.25) is 0 Å². The fraction of sp³-hybridized carbons (Fsp3) is 0.481. The molecule has 174 valence electrons. The number of methoxy groups -OCH3 is 1. The molecular formula is C27H33FN4O. The average molecular weight is 449 g/mol. The van der Waals surface area contributed by atoms with Crippen molar-refractivity contribution >= 4 is 16.7 Å². The monoisotopic (exact) mass is 448 g/mol. The number of ether oxygens (including phenoxy) is 1. The first-order chi connectivity index (χ1) is 16.2. The summed E-state index contributed by atoms with van der Waals surface area (Å²) in [5, 5.41) is 4.29. The first-order valence-corrected chi connectivity index (χ1v) is 12.3. The molecule has 2 heterocycles. The van der Waals surface area contributed by atoms with E-state index in [1.165, 1.54) is 5.56 Å². The van der Waals surface area contributed by atoms with Crippen molar-refractivity contribution in [3.63, 3.8) is 0 Å². The summed E-state index contributed by atoms with van der Waals surface area (Å²) in [5.41, 5.74) is 2.70. The third kappa shape index (κ3) is 4.67. The van der Waals surface area contributed by atoms with Crippen LogP contribution >= 0.6 is 0 Å². The lowest BCUT2D eigenvalue weighted by Crippen LogP contribution is -2.34. The number of hydrogen-bond acceptors (Lipinski definition) is 5. The second kappa shape index (κ2) is 9.64. The molecule has 0 spiro atoms. The van der Waals surface area contributed by atoms with Gasteiger partial charge in [-0.05, 0) is 62.3 Å². The molecule has 1 aliphatic heterocycles. The number of benzene rings is 2. The molecule has 0 amide bonds. The number of aromatic nitrogens is 2. The van der Waals surface area contributed by atoms with Gasteiger partial charge in [0.05, 0.1) is 12.6 Å². The van der Waals surface area contributed by atoms with E-state index in [0.29, 0.717) is 23.9 Å². The molecule has 5 rings (SSSR count). The predicted octanol–water partition coefficient (Wildman–Crippen LogP) is 5.54. The van der Waals surface area contributed by atoms with Crippen LogP contribution in [0.4, 0.5) is 10.2 Å². The van der Waals surface area contributed by atoms with E-state index in [2.05, 4.69) is 29.3 Å². The zero-order valence-electron chi connectivity index (χ0n) is 19.6. The van der Waals surface area contributed by atoms with Gasteiger partial charge >= 0.3 is 0 Å². The normalized spacial score (nSPS) is 17.0. The molecule has 0 bridgehead atoms. The van der Waals surface area contributed by atoms with Crippen LogP contribution in [0.5, 0.6) is 5.75 Å². The molecular weight excluding hydrogens is 415 g/mol. The van der Waals surface area contributed by atoms with Gasteiger partial charge in [-0.25, -0.2) is 14.4 Å². The van der Waals surface area contributed by atoms with E-state index in [1.54, 1.807) is 13.2 Å². The van der Waals surface area contributed by atoms with Crippen LogP contribution in [0.15, 0.2) is 36.4 Å². The van der Waals surface area contributed by atoms with Crippen LogP contribution in [0.1, 0.15) is 67.8 Å². The van der Waals surface area contributed by atoms with Gasteiger partial charge in [0.25, 0.3) is 0 Å². The maximum Gasteiger partial charge on any atom is 0.140 e. The van der Waals surface area contributed by atoms with Crippen molar-refractivity contribution in [1.29, 1.82) is 0 Å². The van der Waals surface area contributed by atoms with Gasteiger partial charge in [-0.1, -0.05) is 25.1 Å². The van der Waals surface area contributed by atoms with Crippen molar-refractivity contribution in [1.82, 2.24) is 15.3 Å². The number of halogens is 1. The number of fused-ring (bicyclic) bond motifs is 1. The molecule has 0 unspecified atom stereocenters. The minimum absolute atomic E-state index is 0.188. The van der Waals surface area contributed by atoms with Crippen molar-refractivity contribution in [2.75, 3.05) is 31.6 Å². The van der Waals surface area contributed by atoms with E-state index >= 15 is 0 Å². The smallest absolute Gasteiger partial charge is 0.140 e. The molecule has 1 aromatic heterocycles. The first-order valence-electron chi connectivity index (χ1n) is 12.3. The van der Waals surface area contributed by atoms with Crippen LogP contribution in [-0.4, -0.2) is 36.7 Å². The first kappa shape index (κ1) is 22.1. The Balaban J connectivity index is 1.44. The molecule has 2 aromatic carbocycles. The summed E-state index contributed by atoms with van der Waals surface area (Å²) in [6.45, 7) is 5.34. The molecule has 2 fully saturated rings. The number of anilines is 1. The number of para-hydroxylation sites is 1. The number of hydrogen-bond donors (Lipinski definition) is 1. The summed E-state index contributed by atoms with van der Waals surface area (Å²) >= 11 is 0. The molecule has 1 aliphatic carbocycles. The highest BCUT2D eigenvalue weighted by atomic mass is 19.1. The fourth-order valence-corrected chi connectivity index (χ4v) is 4.90. The lowest BCUT2D eigenvalue weighted by molar-refractivity contribution is 0.397. The van der Waals surface area contributed by atoms with Gasteiger partial charge in [0.15, 0.2) is 0 Å². The zero-order valence-corrected chi connectivity index (χ0v) is 19.6. The highest BCUT2D eigenvalue weighted by Crippen LogP contribution is 2.41. The summed E-state index contributed by atoms with van der Waals surface area (Å²) < 4.78 is 20.5. The quantitative estimate of drug-likeness (QED) is 0.459. The van der Waals surface area contributed by atoms with Crippen LogP contribution in [0.25, 0.3) is 10.9 Å². The van der Waals surface area contributed by atoms with Gasteiger partial charge in [0.1, 0.15) is 23.2 Å². The van der Waals surface area contributed by atoms with Crippen molar-refractivity contribution in [2.24, 2.45) is 0 Å². The molecule has 33 heavy (non-hydrogen) atoms. The minimum atomic E-state index is -0.188. The Bertz CT molecular complexity index is 1120. The van der Waals surface area contributed by atoms with Crippen molar-refractivity contribution in [3.05, 3.63) is 59.2 Å². The molecule has 3 aromatic rings. The molecule has 0 radical (unpaired) electrons. The van der Waals surface area contributed by atoms with Crippen molar-refractivity contribution in [2.45, 2.75) is 57.4 Å². The van der Waals surface area contributed by atoms with E-state index < -0.39 is 0 Å². The SMILES string of the molecule is CCCNCc1cc2c(N3CCC(c4ccccc4OC)CC3)nc(C3CC3)nc2cc1F. The van der Waals surface area contributed by atoms with Crippen LogP contribution in [0.2, 0.25) is 0 Å². The van der Waals surface area contributed by atoms with Crippen LogP contribution in [0, 0.1) is 5.82 Å². The molecule has 0 atom stereocenters. The maximum absolute atomic E-state index is 14.9. The third-order valence-corrected chi connectivity index (χ3v) is 6.92. The van der Waals surface area contributed by atoms with E-state index in [9.17, 15) is 4.39 Å². The summed E-state index contributed by atoms with van der Waals surface area (Å²) in [5.74, 6) is 3.53. The molecule has 1 saturated carbocycles. The van der Waals surface area contributed by atoms with Gasteiger partial charge in [0, 0.05) is 42.6 Å². The summed E-state index contributed by atoms with van der Waals surface area (Å²) in [6, 6.07) is 11.9. The lowest BCUT2D eigenvalue weighted by atomic mass is 9.88. The third-order valence-electron chi connectivity index (χ3n) is 6.92. The van der Waals surface area contributed by atoms with Gasteiger partial charge in [-0.2, -0.15) is 0 Å². The van der Waals surface area contributed by atoms with Gasteiger partial charge in [-0.15, -0.1) is 0 Å². The van der Waals surface area contributed by atoms with Crippen LogP contribution in [-0.2, 0) is 6.54 Å². The maximum atomic E-state index is 14.9. The molecule has 6 heteroatoms. The number of rotatable bonds is 8. The number of nitrogens with one attached hydrogen (secondary N) is 1. The largest absolute Gasteiger partial charge is 0.496 e. The summed E-state index contributed by atoms with van der Waals surface area (Å²) in [4.78, 5) is 12.2. The van der Waals surface area contributed by atoms with E-state index in [0.717, 1.165) is 80.0 Å². The Morgan fingerprint density at radius 3 is 2.58 bits per heavy atom. The van der Waals surface area contributed by atoms with Crippen molar-refractivity contribution in [3.8, 4) is 5.75 Å². The lowest BCUT2D eigenvalue weighted by Gasteiger charge is -2.34. The van der Waals surface area contributed by atoms with E-state index in [1.807, 2.05) is 18.2 Å². The highest BCUT2D eigenvalue weighted by Gasteiger charge is 2.30. The number of piperidine rings is 1. The van der Waals surface area contributed by atoms with Gasteiger partial charge in [0.2, 0.25) is 0 Å². The standard InChI is InChI=1S/C27H33FN4O/c1-3-12-29-17-20-15-22-24(16-23(20)28)30-26(19-8-9-19)31-27(22)32-13-10-18(11-14-32)21-6-4-5-7-25(21)33-2/h4-7,15-16,18-19,29H,3,8-14,17H2,1-2H3. The molecule has 1 saturated heterocycles. The van der Waals surface area contributed by atoms with E-state index in [4.69, 9.17) is 14.7 Å². The van der Waals surface area contributed by atoms with E-state index in [-0.39, 0.29) is 5.82 Å². The Morgan fingerprint density at radius 2 is 1.85 bits per heavy atom. The van der Waals surface area contributed by atoms with Crippen molar-refractivity contribution < 1.29 is 9.13 Å². The van der Waals surface area contributed by atoms with Gasteiger partial charge < -0.3 is 15.0 Å². The predicted molar refractivity (Wildman–Crippen MR) is 131 cm³/mol. The Hall–Kier alpha value is -2.73. The van der Waals surface area contributed by atoms with Crippen LogP contribution in [0.3, 0.4) is 0 Å². The summed E-state index contributed by atoms with van der Waals surface area (Å²) in [7, 11) is 1.74. The zero-order chi connectivity index (χ0) is 22.8. The molecule has 1 N–H and O–H groups in total. The topological polar surface area (TPSA) is 50.3 Å². The second-order valence-electron chi connectivity index (χ2n) is 9.32. The Morgan fingerprint density at radius 1 is 1.06 bits per heavy atom. The minimum Gasteiger partial charge on any atom is -0.496 e. The van der Waals surface area contributed by atoms with Crippen LogP contribution < -0.4 is 15.0 Å². The second-order valence-corrected chi connectivity index (χ2v) is 9.32. The fourth-order valence-electron chi connectivity index (χ4n) is 4.90. The molecule has 2 aliphatic rings.